The molecule has 0 bridgehead atoms. The van der Waals surface area contributed by atoms with Crippen molar-refractivity contribution in [3.8, 4) is 11.5 Å². The van der Waals surface area contributed by atoms with Gasteiger partial charge in [0.05, 0.1) is 12.8 Å². The van der Waals surface area contributed by atoms with Crippen LogP contribution in [-0.2, 0) is 24.2 Å². The molecular weight excluding hydrogens is 432 g/mol. The smallest absolute Gasteiger partial charge is 0.290 e. The number of benzene rings is 2. The van der Waals surface area contributed by atoms with Crippen molar-refractivity contribution in [3.63, 3.8) is 0 Å². The average molecular weight is 461 g/mol. The van der Waals surface area contributed by atoms with Crippen LogP contribution in [0.2, 0.25) is 0 Å². The van der Waals surface area contributed by atoms with E-state index in [0.717, 1.165) is 28.9 Å². The number of carbonyl (C=O) groups is 2. The van der Waals surface area contributed by atoms with Crippen molar-refractivity contribution in [3.05, 3.63) is 83.3 Å². The molecule has 0 aliphatic carbocycles. The van der Waals surface area contributed by atoms with Crippen LogP contribution in [0, 0.1) is 0 Å². The fourth-order valence-electron chi connectivity index (χ4n) is 4.67. The van der Waals surface area contributed by atoms with Gasteiger partial charge >= 0.3 is 0 Å². The molecule has 176 valence electrons. The van der Waals surface area contributed by atoms with Crippen molar-refractivity contribution in [1.29, 1.82) is 0 Å². The Hall–Kier alpha value is -3.74. The second kappa shape index (κ2) is 8.89. The second-order valence-corrected chi connectivity index (χ2v) is 9.32. The van der Waals surface area contributed by atoms with E-state index in [-0.39, 0.29) is 23.2 Å². The first kappa shape index (κ1) is 22.1. The van der Waals surface area contributed by atoms with Crippen molar-refractivity contribution in [1.82, 2.24) is 10.2 Å². The molecule has 7 heteroatoms. The molecular formula is C27H28N2O5. The molecule has 34 heavy (non-hydrogen) atoms. The molecule has 0 spiro atoms. The van der Waals surface area contributed by atoms with Gasteiger partial charge in [0.25, 0.3) is 5.91 Å². The third-order valence-corrected chi connectivity index (χ3v) is 6.26. The van der Waals surface area contributed by atoms with E-state index in [2.05, 4.69) is 19.2 Å². The summed E-state index contributed by atoms with van der Waals surface area (Å²) in [6.07, 6.45) is 2.74. The van der Waals surface area contributed by atoms with Crippen LogP contribution < -0.4 is 14.8 Å². The van der Waals surface area contributed by atoms with Gasteiger partial charge < -0.3 is 24.1 Å². The highest BCUT2D eigenvalue weighted by molar-refractivity contribution is 5.96. The highest BCUT2D eigenvalue weighted by Gasteiger charge is 2.36. The lowest BCUT2D eigenvalue weighted by Gasteiger charge is -2.35. The Labute approximate surface area is 198 Å². The summed E-state index contributed by atoms with van der Waals surface area (Å²) in [4.78, 5) is 27.8. The van der Waals surface area contributed by atoms with Crippen molar-refractivity contribution in [2.24, 2.45) is 0 Å². The number of para-hydroxylation sites is 1. The summed E-state index contributed by atoms with van der Waals surface area (Å²) in [6, 6.07) is 16.4. The van der Waals surface area contributed by atoms with E-state index in [0.29, 0.717) is 31.9 Å². The van der Waals surface area contributed by atoms with Gasteiger partial charge in [0.2, 0.25) is 5.91 Å². The zero-order valence-electron chi connectivity index (χ0n) is 19.4. The van der Waals surface area contributed by atoms with E-state index in [9.17, 15) is 9.59 Å². The molecule has 3 aromatic rings. The number of rotatable bonds is 6. The van der Waals surface area contributed by atoms with E-state index >= 15 is 0 Å². The lowest BCUT2D eigenvalue weighted by atomic mass is 9.93. The molecule has 0 radical (unpaired) electrons. The minimum atomic E-state index is -0.627. The van der Waals surface area contributed by atoms with Crippen molar-refractivity contribution in [2.75, 3.05) is 13.2 Å². The number of hydrogen-bond acceptors (Lipinski definition) is 5. The number of ether oxygens (including phenoxy) is 2. The number of amides is 2. The van der Waals surface area contributed by atoms with Gasteiger partial charge in [-0.15, -0.1) is 0 Å². The number of carbonyl (C=O) groups excluding carboxylic acids is 2. The van der Waals surface area contributed by atoms with Gasteiger partial charge in [-0.2, -0.15) is 0 Å². The van der Waals surface area contributed by atoms with Gasteiger partial charge in [-0.3, -0.25) is 9.59 Å². The summed E-state index contributed by atoms with van der Waals surface area (Å²) in [6.45, 7) is 5.06. The number of fused-ring (bicyclic) bond motifs is 2. The fourth-order valence-corrected chi connectivity index (χ4v) is 4.67. The van der Waals surface area contributed by atoms with E-state index in [1.807, 2.05) is 42.5 Å². The standard InChI is InChI=1S/C27H28N2O5/c1-27(2)16-19-9-5-10-22(24(19)34-27)33-14-12-28-25(30)21-15-18-7-3-4-8-20(18)17-29(21)26(31)23-11-6-13-32-23/h3-11,13,21H,12,14-17H2,1-2H3,(H,28,30). The molecule has 0 saturated carbocycles. The Kier molecular flexibility index (Phi) is 5.77. The third kappa shape index (κ3) is 4.38. The number of hydrogen-bond donors (Lipinski definition) is 1. The lowest BCUT2D eigenvalue weighted by molar-refractivity contribution is -0.126. The Morgan fingerprint density at radius 3 is 2.65 bits per heavy atom. The summed E-state index contributed by atoms with van der Waals surface area (Å²) >= 11 is 0. The molecule has 2 aliphatic rings. The molecule has 5 rings (SSSR count). The first-order valence-electron chi connectivity index (χ1n) is 11.5. The molecule has 1 N–H and O–H groups in total. The summed E-state index contributed by atoms with van der Waals surface area (Å²) in [5.41, 5.74) is 2.98. The molecule has 1 aromatic heterocycles. The Morgan fingerprint density at radius 2 is 1.85 bits per heavy atom. The molecule has 1 atom stereocenters. The predicted molar refractivity (Wildman–Crippen MR) is 126 cm³/mol. The van der Waals surface area contributed by atoms with Crippen LogP contribution in [0.4, 0.5) is 0 Å². The second-order valence-electron chi connectivity index (χ2n) is 9.32. The SMILES string of the molecule is CC1(C)Cc2cccc(OCCNC(=O)C3Cc4ccccc4CN3C(=O)c3ccco3)c2O1. The highest BCUT2D eigenvalue weighted by atomic mass is 16.5. The zero-order chi connectivity index (χ0) is 23.7. The Bertz CT molecular complexity index is 1200. The molecule has 2 amide bonds. The molecule has 2 aromatic carbocycles. The van der Waals surface area contributed by atoms with Crippen LogP contribution in [0.15, 0.2) is 65.3 Å². The number of furan rings is 1. The van der Waals surface area contributed by atoms with Crippen LogP contribution >= 0.6 is 0 Å². The van der Waals surface area contributed by atoms with E-state index in [1.54, 1.807) is 17.0 Å². The van der Waals surface area contributed by atoms with Gasteiger partial charge in [0, 0.05) is 24.9 Å². The lowest BCUT2D eigenvalue weighted by Crippen LogP contribution is -2.53. The van der Waals surface area contributed by atoms with Crippen LogP contribution in [0.5, 0.6) is 11.5 Å². The van der Waals surface area contributed by atoms with Crippen LogP contribution in [0.3, 0.4) is 0 Å². The zero-order valence-corrected chi connectivity index (χ0v) is 19.4. The highest BCUT2D eigenvalue weighted by Crippen LogP contribution is 2.41. The summed E-state index contributed by atoms with van der Waals surface area (Å²) < 4.78 is 17.3. The quantitative estimate of drug-likeness (QED) is 0.567. The molecule has 2 aliphatic heterocycles. The average Bonchev–Trinajstić information content (AvgIpc) is 3.47. The minimum absolute atomic E-state index is 0.214. The first-order valence-corrected chi connectivity index (χ1v) is 11.5. The van der Waals surface area contributed by atoms with E-state index in [4.69, 9.17) is 13.9 Å². The van der Waals surface area contributed by atoms with Crippen molar-refractivity contribution < 1.29 is 23.5 Å². The maximum Gasteiger partial charge on any atom is 0.290 e. The predicted octanol–water partition coefficient (Wildman–Crippen LogP) is 3.76. The largest absolute Gasteiger partial charge is 0.488 e. The molecule has 0 saturated heterocycles. The molecule has 0 fully saturated rings. The van der Waals surface area contributed by atoms with E-state index in [1.165, 1.54) is 6.26 Å². The normalized spacial score (nSPS) is 17.9. The van der Waals surface area contributed by atoms with Gasteiger partial charge in [0.1, 0.15) is 18.2 Å². The first-order chi connectivity index (χ1) is 16.4. The van der Waals surface area contributed by atoms with Crippen LogP contribution in [0.25, 0.3) is 0 Å². The van der Waals surface area contributed by atoms with Crippen molar-refractivity contribution >= 4 is 11.8 Å². The van der Waals surface area contributed by atoms with Gasteiger partial charge in [0.15, 0.2) is 17.3 Å². The van der Waals surface area contributed by atoms with Gasteiger partial charge in [-0.25, -0.2) is 0 Å². The van der Waals surface area contributed by atoms with Gasteiger partial charge in [-0.1, -0.05) is 36.4 Å². The monoisotopic (exact) mass is 460 g/mol. The van der Waals surface area contributed by atoms with Crippen molar-refractivity contribution in [2.45, 2.75) is 44.9 Å². The third-order valence-electron chi connectivity index (χ3n) is 6.26. The van der Waals surface area contributed by atoms with Crippen LogP contribution in [0.1, 0.15) is 41.1 Å². The number of nitrogens with one attached hydrogen (secondary N) is 1. The summed E-state index contributed by atoms with van der Waals surface area (Å²) in [5, 5.41) is 2.94. The summed E-state index contributed by atoms with van der Waals surface area (Å²) in [5.74, 6) is 1.17. The van der Waals surface area contributed by atoms with E-state index < -0.39 is 6.04 Å². The molecule has 1 unspecified atom stereocenters. The minimum Gasteiger partial charge on any atom is -0.488 e. The Balaban J connectivity index is 1.24. The molecule has 7 nitrogen and oxygen atoms in total. The topological polar surface area (TPSA) is 81.0 Å². The number of nitrogens with zero attached hydrogens (tertiary/aromatic N) is 1. The Morgan fingerprint density at radius 1 is 1.06 bits per heavy atom. The van der Waals surface area contributed by atoms with Crippen LogP contribution in [-0.4, -0.2) is 41.5 Å². The summed E-state index contributed by atoms with van der Waals surface area (Å²) in [7, 11) is 0. The fraction of sp³-hybridized carbons (Fsp3) is 0.333. The van der Waals surface area contributed by atoms with Gasteiger partial charge in [-0.05, 0) is 43.2 Å². The molecule has 3 heterocycles. The maximum absolute atomic E-state index is 13.2. The maximum atomic E-state index is 13.2.